The second kappa shape index (κ2) is 9.59. The van der Waals surface area contributed by atoms with Gasteiger partial charge in [-0.05, 0) is 25.8 Å². The number of nitrogens with one attached hydrogen (secondary N) is 1. The maximum Gasteiger partial charge on any atom is 0.408 e. The van der Waals surface area contributed by atoms with Gasteiger partial charge < -0.3 is 14.8 Å². The minimum absolute atomic E-state index is 0.0144. The maximum atomic E-state index is 13.3. The number of amides is 1. The summed E-state index contributed by atoms with van der Waals surface area (Å²) in [5.74, 6) is -0.262. The molecule has 0 bridgehead atoms. The molecule has 0 aromatic carbocycles. The highest BCUT2D eigenvalue weighted by Crippen LogP contribution is 2.34. The number of halogens is 3. The minimum atomic E-state index is -4.38. The first-order valence-corrected chi connectivity index (χ1v) is 11.9. The van der Waals surface area contributed by atoms with Crippen molar-refractivity contribution in [3.8, 4) is 11.4 Å². The van der Waals surface area contributed by atoms with Crippen molar-refractivity contribution in [1.29, 1.82) is 0 Å². The summed E-state index contributed by atoms with van der Waals surface area (Å²) in [6.45, 7) is 1.76. The lowest BCUT2D eigenvalue weighted by Crippen LogP contribution is -2.42. The first kappa shape index (κ1) is 26.0. The number of hydrogen-bond donors (Lipinski definition) is 1. The Balaban J connectivity index is 1.35. The molecule has 39 heavy (non-hydrogen) atoms. The summed E-state index contributed by atoms with van der Waals surface area (Å²) in [4.78, 5) is 59.8. The van der Waals surface area contributed by atoms with Crippen LogP contribution in [0, 0.1) is 0 Å². The van der Waals surface area contributed by atoms with Gasteiger partial charge in [0.1, 0.15) is 17.9 Å². The number of nitrogens with zero attached hydrogens (tertiary/aromatic N) is 9. The second-order valence-corrected chi connectivity index (χ2v) is 9.13. The summed E-state index contributed by atoms with van der Waals surface area (Å²) < 4.78 is 43.4. The third-order valence-corrected chi connectivity index (χ3v) is 6.66. The number of fused-ring (bicyclic) bond motifs is 1. The molecule has 0 saturated carbocycles. The Morgan fingerprint density at radius 3 is 2.51 bits per heavy atom. The fourth-order valence-corrected chi connectivity index (χ4v) is 4.51. The number of carbonyl (C=O) groups excluding carboxylic acids is 1. The van der Waals surface area contributed by atoms with Crippen molar-refractivity contribution in [2.75, 3.05) is 16.8 Å². The second-order valence-electron chi connectivity index (χ2n) is 9.13. The highest BCUT2D eigenvalue weighted by atomic mass is 19.4. The van der Waals surface area contributed by atoms with Crippen LogP contribution in [-0.4, -0.2) is 63.3 Å². The molecule has 0 spiro atoms. The summed E-state index contributed by atoms with van der Waals surface area (Å²) in [5.41, 5.74) is -0.551. The molecule has 204 valence electrons. The molecule has 2 unspecified atom stereocenters. The zero-order valence-electron chi connectivity index (χ0n) is 21.0. The lowest BCUT2D eigenvalue weighted by atomic mass is 10.2. The van der Waals surface area contributed by atoms with E-state index in [0.29, 0.717) is 12.0 Å². The van der Waals surface area contributed by atoms with Gasteiger partial charge in [0.05, 0.1) is 11.9 Å². The summed E-state index contributed by atoms with van der Waals surface area (Å²) in [7, 11) is 2.81. The van der Waals surface area contributed by atoms with Crippen LogP contribution in [0.3, 0.4) is 0 Å². The average molecular weight is 544 g/mol. The summed E-state index contributed by atoms with van der Waals surface area (Å²) in [6, 6.07) is -1.07. The zero-order valence-corrected chi connectivity index (χ0v) is 21.0. The zero-order chi connectivity index (χ0) is 28.1. The largest absolute Gasteiger partial charge is 0.408 e. The highest BCUT2D eigenvalue weighted by Gasteiger charge is 2.46. The number of rotatable bonds is 5. The van der Waals surface area contributed by atoms with Crippen LogP contribution in [0.15, 0.2) is 40.6 Å². The Labute approximate surface area is 218 Å². The van der Waals surface area contributed by atoms with Crippen LogP contribution in [0.4, 0.5) is 24.9 Å². The van der Waals surface area contributed by atoms with E-state index in [2.05, 4.69) is 30.2 Å². The minimum Gasteiger partial charge on any atom is -0.329 e. The number of alkyl halides is 3. The molecule has 1 N–H and O–H groups in total. The van der Waals surface area contributed by atoms with Gasteiger partial charge in [0.25, 0.3) is 5.56 Å². The fraction of sp³-hybridized carbons (Fsp3) is 0.391. The molecule has 0 aliphatic carbocycles. The predicted molar refractivity (Wildman–Crippen MR) is 133 cm³/mol. The number of carbonyl (C=O) groups is 1. The molecule has 1 aliphatic heterocycles. The van der Waals surface area contributed by atoms with E-state index in [9.17, 15) is 27.6 Å². The topological polar surface area (TPSA) is 146 Å². The van der Waals surface area contributed by atoms with Crippen molar-refractivity contribution >= 4 is 28.8 Å². The van der Waals surface area contributed by atoms with Gasteiger partial charge >= 0.3 is 11.9 Å². The lowest BCUT2D eigenvalue weighted by molar-refractivity contribution is -0.146. The van der Waals surface area contributed by atoms with Crippen LogP contribution in [0.2, 0.25) is 0 Å². The van der Waals surface area contributed by atoms with Gasteiger partial charge in [0.2, 0.25) is 11.9 Å². The van der Waals surface area contributed by atoms with Crippen LogP contribution < -0.4 is 21.5 Å². The van der Waals surface area contributed by atoms with Crippen molar-refractivity contribution in [2.45, 2.75) is 38.0 Å². The molecular formula is C23H23F3N10O3. The molecule has 16 heteroatoms. The van der Waals surface area contributed by atoms with E-state index in [1.165, 1.54) is 54.2 Å². The van der Waals surface area contributed by atoms with Crippen molar-refractivity contribution in [2.24, 2.45) is 14.1 Å². The molecule has 4 aromatic rings. The smallest absolute Gasteiger partial charge is 0.329 e. The lowest BCUT2D eigenvalue weighted by Gasteiger charge is -2.26. The van der Waals surface area contributed by atoms with Crippen LogP contribution >= 0.6 is 0 Å². The monoisotopic (exact) mass is 544 g/mol. The molecular weight excluding hydrogens is 521 g/mol. The van der Waals surface area contributed by atoms with Crippen LogP contribution in [0.5, 0.6) is 0 Å². The number of aromatic nitrogens is 8. The molecule has 0 radical (unpaired) electrons. The van der Waals surface area contributed by atoms with Crippen molar-refractivity contribution in [1.82, 2.24) is 38.6 Å². The molecule has 1 aliphatic rings. The van der Waals surface area contributed by atoms with Gasteiger partial charge in [-0.15, -0.1) is 0 Å². The van der Waals surface area contributed by atoms with Crippen LogP contribution in [0.1, 0.15) is 25.8 Å². The number of imidazole rings is 1. The molecule has 1 fully saturated rings. The molecule has 1 saturated heterocycles. The number of aryl methyl sites for hydroxylation is 1. The maximum absolute atomic E-state index is 13.3. The molecule has 13 nitrogen and oxygen atoms in total. The normalized spacial score (nSPS) is 16.6. The SMILES string of the molecule is CC(C(=O)Nc1ccnc(-c2cnc(N3CCCC3C(F)(F)F)nc2)n1)n1cnc2c1c(=O)n(C)c(=O)n2C. The molecule has 2 atom stereocenters. The van der Waals surface area contributed by atoms with Crippen molar-refractivity contribution in [3.63, 3.8) is 0 Å². The third-order valence-electron chi connectivity index (χ3n) is 6.66. The Morgan fingerprint density at radius 1 is 1.10 bits per heavy atom. The van der Waals surface area contributed by atoms with E-state index < -0.39 is 35.4 Å². The van der Waals surface area contributed by atoms with E-state index in [0.717, 1.165) is 9.47 Å². The average Bonchev–Trinajstić information content (AvgIpc) is 3.59. The Bertz CT molecular complexity index is 1680. The van der Waals surface area contributed by atoms with Gasteiger partial charge in [0.15, 0.2) is 17.0 Å². The Hall–Kier alpha value is -4.63. The molecule has 1 amide bonds. The van der Waals surface area contributed by atoms with Crippen LogP contribution in [-0.2, 0) is 18.9 Å². The summed E-state index contributed by atoms with van der Waals surface area (Å²) >= 11 is 0. The number of anilines is 2. The highest BCUT2D eigenvalue weighted by molar-refractivity contribution is 5.93. The van der Waals surface area contributed by atoms with Gasteiger partial charge in [-0.2, -0.15) is 13.2 Å². The molecule has 4 aromatic heterocycles. The van der Waals surface area contributed by atoms with E-state index in [1.807, 2.05) is 0 Å². The van der Waals surface area contributed by atoms with E-state index in [-0.39, 0.29) is 41.7 Å². The van der Waals surface area contributed by atoms with Crippen molar-refractivity contribution in [3.05, 3.63) is 51.8 Å². The molecule has 5 rings (SSSR count). The van der Waals surface area contributed by atoms with Crippen molar-refractivity contribution < 1.29 is 18.0 Å². The molecule has 5 heterocycles. The summed E-state index contributed by atoms with van der Waals surface area (Å²) in [6.07, 6.45) is 1.36. The first-order valence-electron chi connectivity index (χ1n) is 11.9. The summed E-state index contributed by atoms with van der Waals surface area (Å²) in [5, 5.41) is 2.65. The van der Waals surface area contributed by atoms with E-state index in [4.69, 9.17) is 0 Å². The first-order chi connectivity index (χ1) is 18.5. The van der Waals surface area contributed by atoms with Gasteiger partial charge in [-0.25, -0.2) is 29.7 Å². The Kier molecular flexibility index (Phi) is 6.40. The van der Waals surface area contributed by atoms with Gasteiger partial charge in [0, 0.05) is 39.2 Å². The van der Waals surface area contributed by atoms with Gasteiger partial charge in [-0.3, -0.25) is 18.7 Å². The van der Waals surface area contributed by atoms with Crippen LogP contribution in [0.25, 0.3) is 22.6 Å². The predicted octanol–water partition coefficient (Wildman–Crippen LogP) is 1.41. The quantitative estimate of drug-likeness (QED) is 0.394. The standard InChI is InChI=1S/C23H23F3N10O3/c1-12(36-11-30-18-16(36)20(38)34(3)22(39)33(18)2)19(37)32-15-6-7-27-17(31-15)13-9-28-21(29-10-13)35-8-4-5-14(35)23(24,25)26/h6-7,9-12,14H,4-5,8H2,1-3H3,(H,27,31,32,37). The third kappa shape index (κ3) is 4.61. The number of hydrogen-bond acceptors (Lipinski definition) is 9. The van der Waals surface area contributed by atoms with E-state index >= 15 is 0 Å². The van der Waals surface area contributed by atoms with Gasteiger partial charge in [-0.1, -0.05) is 0 Å². The Morgan fingerprint density at radius 2 is 1.82 bits per heavy atom. The fourth-order valence-electron chi connectivity index (χ4n) is 4.51. The van der Waals surface area contributed by atoms with E-state index in [1.54, 1.807) is 6.92 Å².